The number of carbonyl (C=O) groups excluding carboxylic acids is 3. The first-order valence-electron chi connectivity index (χ1n) is 9.51. The van der Waals surface area contributed by atoms with Crippen LogP contribution in [0.2, 0.25) is 0 Å². The highest BCUT2D eigenvalue weighted by atomic mass is 16.5. The van der Waals surface area contributed by atoms with Crippen molar-refractivity contribution in [1.29, 1.82) is 0 Å². The molecule has 1 N–H and O–H groups in total. The molecule has 2 fully saturated rings. The van der Waals surface area contributed by atoms with E-state index in [1.165, 1.54) is 4.90 Å². The van der Waals surface area contributed by atoms with E-state index < -0.39 is 6.10 Å². The largest absolute Gasteiger partial charge is 0.477 e. The fourth-order valence-corrected chi connectivity index (χ4v) is 3.86. The molecule has 144 valence electrons. The normalized spacial score (nSPS) is 22.1. The zero-order chi connectivity index (χ0) is 18.8. The summed E-state index contributed by atoms with van der Waals surface area (Å²) in [5.74, 6) is 0.296. The van der Waals surface area contributed by atoms with Crippen LogP contribution in [0.5, 0.6) is 5.75 Å². The van der Waals surface area contributed by atoms with E-state index in [1.807, 2.05) is 34.1 Å². The Morgan fingerprint density at radius 1 is 1.11 bits per heavy atom. The third-order valence-electron chi connectivity index (χ3n) is 5.29. The molecule has 0 aromatic heterocycles. The Morgan fingerprint density at radius 2 is 1.89 bits per heavy atom. The number of likely N-dealkylation sites (tertiary alicyclic amines) is 1. The molecule has 27 heavy (non-hydrogen) atoms. The first-order valence-corrected chi connectivity index (χ1v) is 9.51. The number of ether oxygens (including phenoxy) is 1. The standard InChI is InChI=1S/C19H24N4O4/c24-17(23-11-8-20-19(23)26)13-22-12-16(18(25)21-9-4-1-5-10-21)27-15-7-3-2-6-14(15)22/h2-3,6-7,16H,1,4-5,8-13H2,(H,20,26)/t16-/m0/s1. The Hall–Kier alpha value is -2.77. The zero-order valence-corrected chi connectivity index (χ0v) is 15.2. The van der Waals surface area contributed by atoms with Crippen LogP contribution < -0.4 is 15.0 Å². The predicted molar refractivity (Wildman–Crippen MR) is 98.6 cm³/mol. The predicted octanol–water partition coefficient (Wildman–Crippen LogP) is 0.818. The van der Waals surface area contributed by atoms with Crippen molar-refractivity contribution < 1.29 is 19.1 Å². The Morgan fingerprint density at radius 3 is 2.63 bits per heavy atom. The maximum atomic E-state index is 12.9. The summed E-state index contributed by atoms with van der Waals surface area (Å²) in [6, 6.07) is 7.04. The molecule has 0 aliphatic carbocycles. The van der Waals surface area contributed by atoms with Gasteiger partial charge in [-0.2, -0.15) is 0 Å². The zero-order valence-electron chi connectivity index (χ0n) is 15.2. The van der Waals surface area contributed by atoms with Crippen molar-refractivity contribution in [3.8, 4) is 5.75 Å². The average Bonchev–Trinajstić information content (AvgIpc) is 3.14. The van der Waals surface area contributed by atoms with Gasteiger partial charge in [0.1, 0.15) is 5.75 Å². The van der Waals surface area contributed by atoms with E-state index in [4.69, 9.17) is 4.74 Å². The number of anilines is 1. The number of imide groups is 1. The number of urea groups is 1. The second-order valence-electron chi connectivity index (χ2n) is 7.12. The van der Waals surface area contributed by atoms with E-state index in [-0.39, 0.29) is 24.4 Å². The number of carbonyl (C=O) groups is 3. The van der Waals surface area contributed by atoms with Gasteiger partial charge >= 0.3 is 6.03 Å². The summed E-state index contributed by atoms with van der Waals surface area (Å²) >= 11 is 0. The van der Waals surface area contributed by atoms with Gasteiger partial charge in [-0.1, -0.05) is 12.1 Å². The lowest BCUT2D eigenvalue weighted by Crippen LogP contribution is -2.53. The number of nitrogens with one attached hydrogen (secondary N) is 1. The molecule has 1 atom stereocenters. The Labute approximate surface area is 158 Å². The monoisotopic (exact) mass is 372 g/mol. The minimum absolute atomic E-state index is 0.0273. The minimum atomic E-state index is -0.641. The molecule has 8 nitrogen and oxygen atoms in total. The van der Waals surface area contributed by atoms with Crippen LogP contribution in [0.4, 0.5) is 10.5 Å². The Balaban J connectivity index is 1.52. The van der Waals surface area contributed by atoms with E-state index >= 15 is 0 Å². The van der Waals surface area contributed by atoms with Gasteiger partial charge in [0.05, 0.1) is 18.8 Å². The van der Waals surface area contributed by atoms with Crippen LogP contribution in [0.25, 0.3) is 0 Å². The van der Waals surface area contributed by atoms with E-state index in [2.05, 4.69) is 5.32 Å². The van der Waals surface area contributed by atoms with Crippen LogP contribution >= 0.6 is 0 Å². The molecule has 0 unspecified atom stereocenters. The van der Waals surface area contributed by atoms with Crippen LogP contribution in [-0.4, -0.2) is 73.0 Å². The highest BCUT2D eigenvalue weighted by molar-refractivity contribution is 5.98. The molecule has 0 saturated carbocycles. The first-order chi connectivity index (χ1) is 13.1. The molecule has 8 heteroatoms. The van der Waals surface area contributed by atoms with Gasteiger partial charge in [0.25, 0.3) is 5.91 Å². The lowest BCUT2D eigenvalue weighted by Gasteiger charge is -2.38. The Kier molecular flexibility index (Phi) is 4.87. The quantitative estimate of drug-likeness (QED) is 0.849. The number of hydrogen-bond acceptors (Lipinski definition) is 5. The second-order valence-corrected chi connectivity index (χ2v) is 7.12. The third kappa shape index (κ3) is 3.56. The average molecular weight is 372 g/mol. The fraction of sp³-hybridized carbons (Fsp3) is 0.526. The maximum Gasteiger partial charge on any atom is 0.324 e. The fourth-order valence-electron chi connectivity index (χ4n) is 3.86. The van der Waals surface area contributed by atoms with Crippen molar-refractivity contribution in [1.82, 2.24) is 15.1 Å². The van der Waals surface area contributed by atoms with Gasteiger partial charge in [-0.05, 0) is 31.4 Å². The summed E-state index contributed by atoms with van der Waals surface area (Å²) in [5.41, 5.74) is 0.771. The molecule has 3 heterocycles. The van der Waals surface area contributed by atoms with Crippen LogP contribution in [0, 0.1) is 0 Å². The summed E-state index contributed by atoms with van der Waals surface area (Å²) in [4.78, 5) is 42.2. The molecule has 3 aliphatic rings. The van der Waals surface area contributed by atoms with Crippen molar-refractivity contribution in [2.45, 2.75) is 25.4 Å². The molecule has 1 aromatic rings. The Bertz CT molecular complexity index is 747. The first kappa shape index (κ1) is 17.6. The number of amides is 4. The van der Waals surface area contributed by atoms with Crippen LogP contribution in [0.15, 0.2) is 24.3 Å². The molecule has 3 aliphatic heterocycles. The van der Waals surface area contributed by atoms with Crippen LogP contribution in [-0.2, 0) is 9.59 Å². The number of para-hydroxylation sites is 2. The van der Waals surface area contributed by atoms with Crippen molar-refractivity contribution >= 4 is 23.5 Å². The van der Waals surface area contributed by atoms with E-state index in [0.717, 1.165) is 38.0 Å². The highest BCUT2D eigenvalue weighted by Gasteiger charge is 2.36. The van der Waals surface area contributed by atoms with Crippen molar-refractivity contribution in [2.75, 3.05) is 44.2 Å². The topological polar surface area (TPSA) is 82.2 Å². The smallest absolute Gasteiger partial charge is 0.324 e. The number of hydrogen-bond donors (Lipinski definition) is 1. The van der Waals surface area contributed by atoms with E-state index in [9.17, 15) is 14.4 Å². The lowest BCUT2D eigenvalue weighted by atomic mass is 10.1. The molecule has 4 rings (SSSR count). The van der Waals surface area contributed by atoms with Gasteiger partial charge in [-0.15, -0.1) is 0 Å². The SMILES string of the molecule is O=C([C@@H]1CN(CC(=O)N2CCNC2=O)c2ccccc2O1)N1CCCCC1. The van der Waals surface area contributed by atoms with Gasteiger partial charge in [0.15, 0.2) is 6.10 Å². The van der Waals surface area contributed by atoms with Crippen molar-refractivity contribution in [3.63, 3.8) is 0 Å². The van der Waals surface area contributed by atoms with Gasteiger partial charge < -0.3 is 19.9 Å². The van der Waals surface area contributed by atoms with Crippen molar-refractivity contribution in [3.05, 3.63) is 24.3 Å². The number of piperidine rings is 1. The van der Waals surface area contributed by atoms with Crippen LogP contribution in [0.1, 0.15) is 19.3 Å². The molecular formula is C19H24N4O4. The number of rotatable bonds is 3. The van der Waals surface area contributed by atoms with E-state index in [1.54, 1.807) is 0 Å². The molecule has 0 radical (unpaired) electrons. The summed E-state index contributed by atoms with van der Waals surface area (Å²) in [6.07, 6.45) is 2.54. The molecule has 1 aromatic carbocycles. The summed E-state index contributed by atoms with van der Waals surface area (Å²) in [7, 11) is 0. The highest BCUT2D eigenvalue weighted by Crippen LogP contribution is 2.33. The van der Waals surface area contributed by atoms with Gasteiger partial charge in [-0.3, -0.25) is 14.5 Å². The molecule has 0 spiro atoms. The molecule has 4 amide bonds. The minimum Gasteiger partial charge on any atom is -0.477 e. The van der Waals surface area contributed by atoms with Gasteiger partial charge in [0.2, 0.25) is 5.91 Å². The molecular weight excluding hydrogens is 348 g/mol. The number of nitrogens with zero attached hydrogens (tertiary/aromatic N) is 3. The number of fused-ring (bicyclic) bond motifs is 1. The summed E-state index contributed by atoms with van der Waals surface area (Å²) in [6.45, 7) is 2.70. The van der Waals surface area contributed by atoms with Gasteiger partial charge in [0, 0.05) is 26.2 Å². The summed E-state index contributed by atoms with van der Waals surface area (Å²) < 4.78 is 5.97. The second kappa shape index (κ2) is 7.46. The lowest BCUT2D eigenvalue weighted by molar-refractivity contribution is -0.139. The summed E-state index contributed by atoms with van der Waals surface area (Å²) in [5, 5.41) is 2.64. The van der Waals surface area contributed by atoms with E-state index in [0.29, 0.717) is 25.4 Å². The molecule has 0 bridgehead atoms. The van der Waals surface area contributed by atoms with Crippen molar-refractivity contribution in [2.24, 2.45) is 0 Å². The van der Waals surface area contributed by atoms with Gasteiger partial charge in [-0.25, -0.2) is 4.79 Å². The molecule has 2 saturated heterocycles. The van der Waals surface area contributed by atoms with Crippen LogP contribution in [0.3, 0.4) is 0 Å². The third-order valence-corrected chi connectivity index (χ3v) is 5.29. The maximum absolute atomic E-state index is 12.9. The number of benzene rings is 1.